The minimum absolute atomic E-state index is 0.0804. The van der Waals surface area contributed by atoms with Crippen LogP contribution in [0.4, 0.5) is 14.5 Å². The van der Waals surface area contributed by atoms with E-state index >= 15 is 0 Å². The Hall–Kier alpha value is -0.640. The number of rotatable bonds is 0. The highest BCUT2D eigenvalue weighted by Crippen LogP contribution is 2.40. The molecular formula is C8H6BrF2N. The van der Waals surface area contributed by atoms with Gasteiger partial charge in [-0.3, -0.25) is 0 Å². The largest absolute Gasteiger partial charge is 0.378 e. The zero-order valence-corrected chi connectivity index (χ0v) is 7.66. The highest BCUT2D eigenvalue weighted by molar-refractivity contribution is 9.10. The van der Waals surface area contributed by atoms with Crippen LogP contribution in [0.2, 0.25) is 0 Å². The van der Waals surface area contributed by atoms with Gasteiger partial charge in [0.05, 0.1) is 6.54 Å². The second-order valence-corrected chi connectivity index (χ2v) is 3.66. The molecule has 1 nitrogen and oxygen atoms in total. The third-order valence-corrected chi connectivity index (χ3v) is 2.37. The standard InChI is InChI=1S/C8H6BrF2N/c9-5-1-2-7-6(3-5)8(10,11)4-12-7/h1-3,12H,4H2. The highest BCUT2D eigenvalue weighted by atomic mass is 79.9. The number of hydrogen-bond donors (Lipinski definition) is 1. The Labute approximate surface area is 76.9 Å². The Kier molecular flexibility index (Phi) is 1.61. The summed E-state index contributed by atoms with van der Waals surface area (Å²) in [5.74, 6) is -2.72. The van der Waals surface area contributed by atoms with E-state index in [1.165, 1.54) is 6.07 Å². The zero-order valence-electron chi connectivity index (χ0n) is 6.07. The topological polar surface area (TPSA) is 12.0 Å². The third-order valence-electron chi connectivity index (χ3n) is 1.88. The summed E-state index contributed by atoms with van der Waals surface area (Å²) >= 11 is 3.16. The average molecular weight is 234 g/mol. The van der Waals surface area contributed by atoms with Crippen LogP contribution in [0, 0.1) is 0 Å². The van der Waals surface area contributed by atoms with Crippen LogP contribution in [-0.4, -0.2) is 6.54 Å². The number of fused-ring (bicyclic) bond motifs is 1. The first-order valence-corrected chi connectivity index (χ1v) is 4.31. The van der Waals surface area contributed by atoms with Gasteiger partial charge in [0.1, 0.15) is 0 Å². The smallest absolute Gasteiger partial charge is 0.292 e. The lowest BCUT2D eigenvalue weighted by atomic mass is 10.1. The maximum atomic E-state index is 13.0. The van der Waals surface area contributed by atoms with E-state index in [1.807, 2.05) is 0 Å². The maximum absolute atomic E-state index is 13.0. The minimum Gasteiger partial charge on any atom is -0.378 e. The molecule has 4 heteroatoms. The molecule has 1 aromatic rings. The first kappa shape index (κ1) is 7.98. The summed E-state index contributed by atoms with van der Waals surface area (Å²) < 4.78 is 26.8. The molecule has 64 valence electrons. The summed E-state index contributed by atoms with van der Waals surface area (Å²) in [5, 5.41) is 2.65. The summed E-state index contributed by atoms with van der Waals surface area (Å²) in [6, 6.07) is 4.85. The Bertz CT molecular complexity index is 325. The van der Waals surface area contributed by atoms with Gasteiger partial charge in [-0.25, -0.2) is 0 Å². The summed E-state index contributed by atoms with van der Waals surface area (Å²) in [6.07, 6.45) is 0. The predicted molar refractivity (Wildman–Crippen MR) is 46.5 cm³/mol. The normalized spacial score (nSPS) is 18.6. The SMILES string of the molecule is FC1(F)CNc2ccc(Br)cc21. The van der Waals surface area contributed by atoms with E-state index in [0.717, 1.165) is 0 Å². The van der Waals surface area contributed by atoms with E-state index in [2.05, 4.69) is 21.2 Å². The van der Waals surface area contributed by atoms with Gasteiger partial charge in [-0.1, -0.05) is 15.9 Å². The molecule has 0 fully saturated rings. The van der Waals surface area contributed by atoms with Crippen molar-refractivity contribution in [2.24, 2.45) is 0 Å². The van der Waals surface area contributed by atoms with E-state index in [9.17, 15) is 8.78 Å². The number of benzene rings is 1. The van der Waals surface area contributed by atoms with Gasteiger partial charge in [0.25, 0.3) is 5.92 Å². The Balaban J connectivity index is 2.57. The first-order chi connectivity index (χ1) is 5.59. The molecule has 0 aliphatic carbocycles. The zero-order chi connectivity index (χ0) is 8.77. The van der Waals surface area contributed by atoms with Crippen LogP contribution < -0.4 is 5.32 Å². The molecule has 0 saturated heterocycles. The molecule has 1 aliphatic heterocycles. The van der Waals surface area contributed by atoms with Crippen molar-refractivity contribution in [3.05, 3.63) is 28.2 Å². The van der Waals surface area contributed by atoms with Crippen LogP contribution in [0.25, 0.3) is 0 Å². The van der Waals surface area contributed by atoms with Crippen molar-refractivity contribution >= 4 is 21.6 Å². The van der Waals surface area contributed by atoms with Gasteiger partial charge in [0.15, 0.2) is 0 Å². The van der Waals surface area contributed by atoms with Gasteiger partial charge in [0, 0.05) is 15.7 Å². The van der Waals surface area contributed by atoms with E-state index < -0.39 is 5.92 Å². The second kappa shape index (κ2) is 2.42. The number of hydrogen-bond acceptors (Lipinski definition) is 1. The fraction of sp³-hybridized carbons (Fsp3) is 0.250. The lowest BCUT2D eigenvalue weighted by Gasteiger charge is -2.07. The van der Waals surface area contributed by atoms with Crippen LogP contribution in [0.1, 0.15) is 5.56 Å². The van der Waals surface area contributed by atoms with Gasteiger partial charge in [-0.2, -0.15) is 8.78 Å². The Morgan fingerprint density at radius 1 is 1.42 bits per heavy atom. The fourth-order valence-corrected chi connectivity index (χ4v) is 1.64. The molecule has 0 amide bonds. The Morgan fingerprint density at radius 2 is 2.17 bits per heavy atom. The van der Waals surface area contributed by atoms with E-state index in [1.54, 1.807) is 12.1 Å². The van der Waals surface area contributed by atoms with Gasteiger partial charge < -0.3 is 5.32 Å². The average Bonchev–Trinajstić information content (AvgIpc) is 2.28. The van der Waals surface area contributed by atoms with E-state index in [4.69, 9.17) is 0 Å². The lowest BCUT2D eigenvalue weighted by Crippen LogP contribution is -2.15. The van der Waals surface area contributed by atoms with Gasteiger partial charge in [-0.05, 0) is 18.2 Å². The molecule has 0 spiro atoms. The number of alkyl halides is 2. The van der Waals surface area contributed by atoms with E-state index in [0.29, 0.717) is 10.2 Å². The predicted octanol–water partition coefficient (Wildman–Crippen LogP) is 2.97. The summed E-state index contributed by atoms with van der Waals surface area (Å²) in [6.45, 7) is -0.293. The van der Waals surface area contributed by atoms with E-state index in [-0.39, 0.29) is 12.1 Å². The Morgan fingerprint density at radius 3 is 2.92 bits per heavy atom. The van der Waals surface area contributed by atoms with Crippen molar-refractivity contribution in [2.75, 3.05) is 11.9 Å². The molecule has 2 rings (SSSR count). The van der Waals surface area contributed by atoms with Gasteiger partial charge in [-0.15, -0.1) is 0 Å². The van der Waals surface area contributed by atoms with Gasteiger partial charge in [0.2, 0.25) is 0 Å². The minimum atomic E-state index is -2.72. The van der Waals surface area contributed by atoms with Crippen molar-refractivity contribution in [1.29, 1.82) is 0 Å². The lowest BCUT2D eigenvalue weighted by molar-refractivity contribution is 0.0185. The molecule has 0 atom stereocenters. The molecule has 1 aromatic carbocycles. The molecule has 0 aromatic heterocycles. The van der Waals surface area contributed by atoms with Crippen molar-refractivity contribution in [1.82, 2.24) is 0 Å². The highest BCUT2D eigenvalue weighted by Gasteiger charge is 2.39. The monoisotopic (exact) mass is 233 g/mol. The summed E-state index contributed by atoms with van der Waals surface area (Å²) in [5.41, 5.74) is 0.611. The first-order valence-electron chi connectivity index (χ1n) is 3.51. The number of halogens is 3. The molecule has 0 unspecified atom stereocenters. The van der Waals surface area contributed by atoms with Crippen molar-refractivity contribution < 1.29 is 8.78 Å². The summed E-state index contributed by atoms with van der Waals surface area (Å²) in [4.78, 5) is 0. The van der Waals surface area contributed by atoms with Crippen LogP contribution in [0.3, 0.4) is 0 Å². The van der Waals surface area contributed by atoms with Crippen LogP contribution >= 0.6 is 15.9 Å². The number of nitrogens with one attached hydrogen (secondary N) is 1. The fourth-order valence-electron chi connectivity index (χ4n) is 1.27. The summed E-state index contributed by atoms with van der Waals surface area (Å²) in [7, 11) is 0. The number of anilines is 1. The third kappa shape index (κ3) is 1.10. The molecule has 0 radical (unpaired) electrons. The molecule has 12 heavy (non-hydrogen) atoms. The molecule has 1 aliphatic rings. The molecule has 1 heterocycles. The van der Waals surface area contributed by atoms with Crippen molar-refractivity contribution in [3.63, 3.8) is 0 Å². The molecule has 1 N–H and O–H groups in total. The van der Waals surface area contributed by atoms with Crippen molar-refractivity contribution in [2.45, 2.75) is 5.92 Å². The maximum Gasteiger partial charge on any atom is 0.292 e. The van der Waals surface area contributed by atoms with Crippen LogP contribution in [0.15, 0.2) is 22.7 Å². The molecule has 0 saturated carbocycles. The quantitative estimate of drug-likeness (QED) is 0.727. The molecular weight excluding hydrogens is 228 g/mol. The van der Waals surface area contributed by atoms with Crippen molar-refractivity contribution in [3.8, 4) is 0 Å². The van der Waals surface area contributed by atoms with Crippen LogP contribution in [0.5, 0.6) is 0 Å². The molecule has 0 bridgehead atoms. The second-order valence-electron chi connectivity index (χ2n) is 2.75. The van der Waals surface area contributed by atoms with Gasteiger partial charge >= 0.3 is 0 Å². The van der Waals surface area contributed by atoms with Crippen LogP contribution in [-0.2, 0) is 5.92 Å².